The van der Waals surface area contributed by atoms with Crippen LogP contribution in [0.5, 0.6) is 11.5 Å². The summed E-state index contributed by atoms with van der Waals surface area (Å²) in [5.41, 5.74) is 1.85. The molecule has 1 unspecified atom stereocenters. The molecule has 0 radical (unpaired) electrons. The van der Waals surface area contributed by atoms with Gasteiger partial charge in [-0.1, -0.05) is 6.07 Å². The topological polar surface area (TPSA) is 50.8 Å². The van der Waals surface area contributed by atoms with Gasteiger partial charge in [0.1, 0.15) is 22.7 Å². The van der Waals surface area contributed by atoms with E-state index in [0.29, 0.717) is 29.3 Å². The van der Waals surface area contributed by atoms with Crippen molar-refractivity contribution in [2.24, 2.45) is 0 Å². The van der Waals surface area contributed by atoms with E-state index < -0.39 is 0 Å². The monoisotopic (exact) mass is 376 g/mol. The van der Waals surface area contributed by atoms with Gasteiger partial charge in [-0.05, 0) is 42.8 Å². The first-order valence-corrected chi connectivity index (χ1v) is 9.25. The third kappa shape index (κ3) is 3.72. The minimum Gasteiger partial charge on any atom is -0.497 e. The first kappa shape index (κ1) is 18.4. The molecule has 0 spiro atoms. The Labute approximate surface area is 156 Å². The van der Waals surface area contributed by atoms with E-state index in [-0.39, 0.29) is 17.2 Å². The number of carbonyl (C=O) groups excluding carboxylic acids is 1. The number of nitrogens with one attached hydrogen (secondary N) is 1. The number of hydrogen-bond donors (Lipinski definition) is 1. The third-order valence-electron chi connectivity index (χ3n) is 4.28. The number of aryl methyl sites for hydroxylation is 1. The van der Waals surface area contributed by atoms with E-state index in [1.54, 1.807) is 49.9 Å². The van der Waals surface area contributed by atoms with Crippen molar-refractivity contribution in [3.8, 4) is 11.5 Å². The molecule has 1 atom stereocenters. The zero-order valence-corrected chi connectivity index (χ0v) is 15.7. The van der Waals surface area contributed by atoms with Gasteiger partial charge in [-0.25, -0.2) is 9.18 Å². The maximum Gasteiger partial charge on any atom is 0.323 e. The molecule has 0 bridgehead atoms. The number of anilines is 1. The molecule has 138 valence electrons. The average molecular weight is 376 g/mol. The summed E-state index contributed by atoms with van der Waals surface area (Å²) in [7, 11) is 3.20. The van der Waals surface area contributed by atoms with E-state index in [0.717, 1.165) is 11.3 Å². The van der Waals surface area contributed by atoms with Gasteiger partial charge in [-0.15, -0.1) is 11.8 Å². The van der Waals surface area contributed by atoms with Gasteiger partial charge in [0.25, 0.3) is 0 Å². The Morgan fingerprint density at radius 3 is 2.73 bits per heavy atom. The zero-order chi connectivity index (χ0) is 18.7. The summed E-state index contributed by atoms with van der Waals surface area (Å²) in [5, 5.41) is 2.58. The Kier molecular flexibility index (Phi) is 5.56. The summed E-state index contributed by atoms with van der Waals surface area (Å²) in [5.74, 6) is 1.86. The highest BCUT2D eigenvalue weighted by Crippen LogP contribution is 2.43. The normalized spacial score (nSPS) is 16.5. The molecule has 1 aliphatic heterocycles. The SMILES string of the molecule is COc1ccc(OC)c(C2SCCN2C(=O)Nc2ccc(C)c(F)c2)c1. The molecule has 1 aliphatic rings. The predicted molar refractivity (Wildman–Crippen MR) is 102 cm³/mol. The first-order chi connectivity index (χ1) is 12.5. The summed E-state index contributed by atoms with van der Waals surface area (Å²) in [6, 6.07) is 9.94. The molecule has 3 rings (SSSR count). The van der Waals surface area contributed by atoms with Crippen LogP contribution in [-0.4, -0.2) is 37.4 Å². The maximum absolute atomic E-state index is 13.7. The van der Waals surface area contributed by atoms with E-state index in [9.17, 15) is 9.18 Å². The van der Waals surface area contributed by atoms with Gasteiger partial charge in [-0.3, -0.25) is 0 Å². The second kappa shape index (κ2) is 7.86. The lowest BCUT2D eigenvalue weighted by Gasteiger charge is -2.26. The van der Waals surface area contributed by atoms with E-state index in [1.807, 2.05) is 18.2 Å². The van der Waals surface area contributed by atoms with Crippen molar-refractivity contribution in [2.75, 3.05) is 31.8 Å². The number of rotatable bonds is 4. The Hall–Kier alpha value is -2.41. The van der Waals surface area contributed by atoms with Crippen molar-refractivity contribution in [1.82, 2.24) is 4.90 Å². The lowest BCUT2D eigenvalue weighted by Crippen LogP contribution is -2.34. The van der Waals surface area contributed by atoms with Crippen molar-refractivity contribution in [2.45, 2.75) is 12.3 Å². The fourth-order valence-electron chi connectivity index (χ4n) is 2.83. The van der Waals surface area contributed by atoms with Gasteiger partial charge < -0.3 is 19.7 Å². The van der Waals surface area contributed by atoms with Gasteiger partial charge in [0.15, 0.2) is 0 Å². The van der Waals surface area contributed by atoms with Crippen LogP contribution in [0.2, 0.25) is 0 Å². The number of methoxy groups -OCH3 is 2. The number of carbonyl (C=O) groups is 1. The van der Waals surface area contributed by atoms with Crippen LogP contribution < -0.4 is 14.8 Å². The van der Waals surface area contributed by atoms with Crippen LogP contribution in [0.25, 0.3) is 0 Å². The smallest absolute Gasteiger partial charge is 0.323 e. The van der Waals surface area contributed by atoms with Gasteiger partial charge in [0.05, 0.1) is 14.2 Å². The molecule has 0 aliphatic carbocycles. The van der Waals surface area contributed by atoms with E-state index in [2.05, 4.69) is 5.32 Å². The summed E-state index contributed by atoms with van der Waals surface area (Å²) in [6.45, 7) is 2.28. The Morgan fingerprint density at radius 2 is 2.04 bits per heavy atom. The second-order valence-corrected chi connectivity index (χ2v) is 7.11. The van der Waals surface area contributed by atoms with Gasteiger partial charge >= 0.3 is 6.03 Å². The highest BCUT2D eigenvalue weighted by atomic mass is 32.2. The quantitative estimate of drug-likeness (QED) is 0.858. The van der Waals surface area contributed by atoms with Gasteiger partial charge in [0, 0.05) is 23.5 Å². The molecule has 2 amide bonds. The molecule has 1 fully saturated rings. The van der Waals surface area contributed by atoms with Gasteiger partial charge in [0.2, 0.25) is 0 Å². The fourth-order valence-corrected chi connectivity index (χ4v) is 4.10. The first-order valence-electron chi connectivity index (χ1n) is 8.21. The number of hydrogen-bond acceptors (Lipinski definition) is 4. The van der Waals surface area contributed by atoms with E-state index in [4.69, 9.17) is 9.47 Å². The van der Waals surface area contributed by atoms with Crippen LogP contribution in [0, 0.1) is 12.7 Å². The number of amides is 2. The van der Waals surface area contributed by atoms with Crippen LogP contribution in [0.3, 0.4) is 0 Å². The average Bonchev–Trinajstić information content (AvgIpc) is 3.14. The number of thioether (sulfide) groups is 1. The van der Waals surface area contributed by atoms with Crippen LogP contribution in [-0.2, 0) is 0 Å². The Morgan fingerprint density at radius 1 is 1.23 bits per heavy atom. The fraction of sp³-hybridized carbons (Fsp3) is 0.316. The molecule has 1 N–H and O–H groups in total. The molecule has 1 heterocycles. The van der Waals surface area contributed by atoms with Crippen molar-refractivity contribution in [3.05, 3.63) is 53.3 Å². The number of nitrogens with zero attached hydrogens (tertiary/aromatic N) is 1. The number of benzene rings is 2. The van der Waals surface area contributed by atoms with Crippen LogP contribution in [0.15, 0.2) is 36.4 Å². The summed E-state index contributed by atoms with van der Waals surface area (Å²) in [6.07, 6.45) is 0. The van der Waals surface area contributed by atoms with Crippen molar-refractivity contribution in [1.29, 1.82) is 0 Å². The molecule has 0 saturated carbocycles. The van der Waals surface area contributed by atoms with Crippen LogP contribution in [0.4, 0.5) is 14.9 Å². The number of ether oxygens (including phenoxy) is 2. The van der Waals surface area contributed by atoms with Crippen molar-refractivity contribution < 1.29 is 18.7 Å². The molecule has 2 aromatic carbocycles. The molecule has 7 heteroatoms. The third-order valence-corrected chi connectivity index (χ3v) is 5.52. The standard InChI is InChI=1S/C19H21FN2O3S/c1-12-4-5-13(10-16(12)20)21-19(23)22-8-9-26-18(22)15-11-14(24-2)6-7-17(15)25-3/h4-7,10-11,18H,8-9H2,1-3H3,(H,21,23). The minimum atomic E-state index is -0.343. The van der Waals surface area contributed by atoms with Crippen molar-refractivity contribution in [3.63, 3.8) is 0 Å². The van der Waals surface area contributed by atoms with Crippen LogP contribution >= 0.6 is 11.8 Å². The Balaban J connectivity index is 1.83. The predicted octanol–water partition coefficient (Wildman–Crippen LogP) is 4.43. The zero-order valence-electron chi connectivity index (χ0n) is 14.9. The second-order valence-electron chi connectivity index (χ2n) is 5.92. The molecule has 1 saturated heterocycles. The lowest BCUT2D eigenvalue weighted by atomic mass is 10.1. The lowest BCUT2D eigenvalue weighted by molar-refractivity contribution is 0.213. The Bertz CT molecular complexity index is 815. The molecule has 0 aromatic heterocycles. The molecular formula is C19H21FN2O3S. The largest absolute Gasteiger partial charge is 0.497 e. The summed E-state index contributed by atoms with van der Waals surface area (Å²) >= 11 is 1.65. The minimum absolute atomic E-state index is 0.199. The number of urea groups is 1. The highest BCUT2D eigenvalue weighted by molar-refractivity contribution is 7.99. The van der Waals surface area contributed by atoms with E-state index in [1.165, 1.54) is 6.07 Å². The highest BCUT2D eigenvalue weighted by Gasteiger charge is 2.33. The summed E-state index contributed by atoms with van der Waals surface area (Å²) < 4.78 is 24.5. The van der Waals surface area contributed by atoms with Crippen molar-refractivity contribution >= 4 is 23.5 Å². The van der Waals surface area contributed by atoms with E-state index >= 15 is 0 Å². The van der Waals surface area contributed by atoms with Gasteiger partial charge in [-0.2, -0.15) is 0 Å². The van der Waals surface area contributed by atoms with Crippen LogP contribution in [0.1, 0.15) is 16.5 Å². The molecule has 5 nitrogen and oxygen atoms in total. The summed E-state index contributed by atoms with van der Waals surface area (Å²) in [4.78, 5) is 14.5. The molecule has 26 heavy (non-hydrogen) atoms. The number of halogens is 1. The maximum atomic E-state index is 13.7. The molecular weight excluding hydrogens is 355 g/mol. The molecule has 2 aromatic rings.